The molecule has 2 aliphatic rings. The second kappa shape index (κ2) is 4.83. The van der Waals surface area contributed by atoms with Crippen LogP contribution in [0, 0.1) is 0 Å². The molecular formula is C13H15N5. The highest BCUT2D eigenvalue weighted by Crippen LogP contribution is 2.16. The summed E-state index contributed by atoms with van der Waals surface area (Å²) in [4.78, 5) is 0. The number of hydrazone groups is 1. The zero-order valence-corrected chi connectivity index (χ0v) is 9.90. The van der Waals surface area contributed by atoms with Gasteiger partial charge in [-0.25, -0.2) is 0 Å². The third-order valence-corrected chi connectivity index (χ3v) is 2.88. The highest BCUT2D eigenvalue weighted by molar-refractivity contribution is 5.83. The predicted octanol–water partition coefficient (Wildman–Crippen LogP) is 1.04. The van der Waals surface area contributed by atoms with Crippen molar-refractivity contribution >= 4 is 11.9 Å². The van der Waals surface area contributed by atoms with Crippen molar-refractivity contribution in [3.63, 3.8) is 0 Å². The quantitative estimate of drug-likeness (QED) is 0.597. The first-order valence-electron chi connectivity index (χ1n) is 5.93. The largest absolute Gasteiger partial charge is 0.387 e. The summed E-state index contributed by atoms with van der Waals surface area (Å²) in [6.45, 7) is 1.62. The highest BCUT2D eigenvalue weighted by Gasteiger charge is 2.05. The standard InChI is InChI=1S/C13H15N5/c1-2-13(7-11-9-16-15-8-10(1)11)18-17-12-3-5-14-6-4-12/h1-5,7-8,14,16-18H,6,9H2. The third-order valence-electron chi connectivity index (χ3n) is 2.88. The number of rotatable bonds is 3. The van der Waals surface area contributed by atoms with Gasteiger partial charge in [-0.2, -0.15) is 5.10 Å². The molecule has 0 bridgehead atoms. The Kier molecular flexibility index (Phi) is 2.87. The molecule has 0 aromatic heterocycles. The molecule has 0 atom stereocenters. The van der Waals surface area contributed by atoms with Crippen LogP contribution in [0.25, 0.3) is 0 Å². The number of nitrogens with one attached hydrogen (secondary N) is 4. The van der Waals surface area contributed by atoms with Crippen LogP contribution in [0.2, 0.25) is 0 Å². The number of hydrogen-bond donors (Lipinski definition) is 4. The molecule has 0 fully saturated rings. The van der Waals surface area contributed by atoms with Crippen LogP contribution >= 0.6 is 0 Å². The predicted molar refractivity (Wildman–Crippen MR) is 72.9 cm³/mol. The molecule has 0 amide bonds. The first kappa shape index (κ1) is 10.7. The van der Waals surface area contributed by atoms with E-state index in [-0.39, 0.29) is 0 Å². The van der Waals surface area contributed by atoms with Gasteiger partial charge in [-0.05, 0) is 41.6 Å². The Morgan fingerprint density at radius 2 is 2.22 bits per heavy atom. The Morgan fingerprint density at radius 1 is 1.22 bits per heavy atom. The van der Waals surface area contributed by atoms with Gasteiger partial charge in [0.05, 0.1) is 24.1 Å². The van der Waals surface area contributed by atoms with E-state index < -0.39 is 0 Å². The fourth-order valence-corrected chi connectivity index (χ4v) is 1.90. The van der Waals surface area contributed by atoms with Crippen LogP contribution in [0.1, 0.15) is 11.1 Å². The van der Waals surface area contributed by atoms with Crippen molar-refractivity contribution in [3.8, 4) is 0 Å². The molecule has 4 N–H and O–H groups in total. The first-order chi connectivity index (χ1) is 8.92. The fourth-order valence-electron chi connectivity index (χ4n) is 1.90. The molecule has 0 saturated carbocycles. The molecular weight excluding hydrogens is 226 g/mol. The van der Waals surface area contributed by atoms with E-state index in [1.807, 2.05) is 24.6 Å². The number of benzene rings is 1. The number of hydrogen-bond acceptors (Lipinski definition) is 5. The van der Waals surface area contributed by atoms with Gasteiger partial charge in [-0.15, -0.1) is 0 Å². The summed E-state index contributed by atoms with van der Waals surface area (Å²) in [5, 5.41) is 7.14. The number of allylic oxidation sites excluding steroid dienone is 1. The molecule has 0 unspecified atom stereocenters. The van der Waals surface area contributed by atoms with Crippen molar-refractivity contribution in [1.82, 2.24) is 16.2 Å². The normalized spacial score (nSPS) is 16.1. The van der Waals surface area contributed by atoms with Gasteiger partial charge in [0.25, 0.3) is 0 Å². The molecule has 92 valence electrons. The van der Waals surface area contributed by atoms with E-state index in [1.54, 1.807) is 0 Å². The zero-order valence-electron chi connectivity index (χ0n) is 9.90. The number of anilines is 1. The monoisotopic (exact) mass is 241 g/mol. The van der Waals surface area contributed by atoms with Crippen LogP contribution in [0.3, 0.4) is 0 Å². The lowest BCUT2D eigenvalue weighted by molar-refractivity contribution is 0.735. The lowest BCUT2D eigenvalue weighted by atomic mass is 10.1. The minimum atomic E-state index is 0.772. The Bertz CT molecular complexity index is 530. The average Bonchev–Trinajstić information content (AvgIpc) is 2.46. The molecule has 2 aliphatic heterocycles. The maximum absolute atomic E-state index is 4.03. The molecule has 0 saturated heterocycles. The molecule has 1 aromatic rings. The van der Waals surface area contributed by atoms with Crippen molar-refractivity contribution in [2.75, 3.05) is 12.0 Å². The average molecular weight is 241 g/mol. The van der Waals surface area contributed by atoms with E-state index in [9.17, 15) is 0 Å². The highest BCUT2D eigenvalue weighted by atomic mass is 15.4. The summed E-state index contributed by atoms with van der Waals surface area (Å²) in [7, 11) is 0. The van der Waals surface area contributed by atoms with E-state index >= 15 is 0 Å². The Labute approximate surface area is 106 Å². The molecule has 18 heavy (non-hydrogen) atoms. The van der Waals surface area contributed by atoms with Crippen LogP contribution in [0.4, 0.5) is 5.69 Å². The molecule has 0 aliphatic carbocycles. The molecule has 0 radical (unpaired) electrons. The second-order valence-corrected chi connectivity index (χ2v) is 4.16. The summed E-state index contributed by atoms with van der Waals surface area (Å²) in [6, 6.07) is 6.22. The maximum atomic E-state index is 4.03. The van der Waals surface area contributed by atoms with E-state index in [2.05, 4.69) is 44.9 Å². The topological polar surface area (TPSA) is 60.5 Å². The second-order valence-electron chi connectivity index (χ2n) is 4.16. The summed E-state index contributed by atoms with van der Waals surface area (Å²) in [6.07, 6.45) is 7.84. The van der Waals surface area contributed by atoms with Crippen molar-refractivity contribution in [1.29, 1.82) is 0 Å². The van der Waals surface area contributed by atoms with Crippen LogP contribution < -0.4 is 21.6 Å². The van der Waals surface area contributed by atoms with Gasteiger partial charge < -0.3 is 21.6 Å². The summed E-state index contributed by atoms with van der Waals surface area (Å²) in [5.41, 5.74) is 13.8. The Hall–Kier alpha value is -2.43. The van der Waals surface area contributed by atoms with Crippen molar-refractivity contribution < 1.29 is 0 Å². The van der Waals surface area contributed by atoms with Gasteiger partial charge in [-0.3, -0.25) is 0 Å². The van der Waals surface area contributed by atoms with Gasteiger partial charge in [-0.1, -0.05) is 6.07 Å². The smallest absolute Gasteiger partial charge is 0.0587 e. The van der Waals surface area contributed by atoms with Crippen molar-refractivity contribution in [3.05, 3.63) is 53.4 Å². The van der Waals surface area contributed by atoms with Gasteiger partial charge >= 0.3 is 0 Å². The summed E-state index contributed by atoms with van der Waals surface area (Å²) < 4.78 is 0. The Balaban J connectivity index is 1.68. The minimum Gasteiger partial charge on any atom is -0.387 e. The first-order valence-corrected chi connectivity index (χ1v) is 5.93. The molecule has 5 heteroatoms. The number of dihydropyridines is 1. The Morgan fingerprint density at radius 3 is 3.11 bits per heavy atom. The van der Waals surface area contributed by atoms with Crippen LogP contribution in [0.5, 0.6) is 0 Å². The van der Waals surface area contributed by atoms with Gasteiger partial charge in [0.15, 0.2) is 0 Å². The van der Waals surface area contributed by atoms with Gasteiger partial charge in [0.1, 0.15) is 0 Å². The number of nitrogens with zero attached hydrogens (tertiary/aromatic N) is 1. The van der Waals surface area contributed by atoms with E-state index in [4.69, 9.17) is 0 Å². The zero-order chi connectivity index (χ0) is 12.2. The van der Waals surface area contributed by atoms with Crippen LogP contribution in [0.15, 0.2) is 47.3 Å². The van der Waals surface area contributed by atoms with Crippen LogP contribution in [-0.2, 0) is 6.54 Å². The third kappa shape index (κ3) is 2.29. The van der Waals surface area contributed by atoms with E-state index in [0.717, 1.165) is 24.5 Å². The maximum Gasteiger partial charge on any atom is 0.0587 e. The molecule has 0 spiro atoms. The molecule has 2 heterocycles. The lowest BCUT2D eigenvalue weighted by Gasteiger charge is -2.16. The van der Waals surface area contributed by atoms with Crippen molar-refractivity contribution in [2.45, 2.75) is 6.54 Å². The van der Waals surface area contributed by atoms with Crippen LogP contribution in [-0.4, -0.2) is 12.8 Å². The molecule has 5 nitrogen and oxygen atoms in total. The summed E-state index contributed by atoms with van der Waals surface area (Å²) in [5.74, 6) is 0. The number of hydrazine groups is 1. The van der Waals surface area contributed by atoms with Gasteiger partial charge in [0, 0.05) is 6.54 Å². The molecule has 3 rings (SSSR count). The summed E-state index contributed by atoms with van der Waals surface area (Å²) >= 11 is 0. The SMILES string of the molecule is C1=CC(NNc2ccc3c(c2)CNN=C3)=CCN1. The van der Waals surface area contributed by atoms with E-state index in [0.29, 0.717) is 0 Å². The van der Waals surface area contributed by atoms with Gasteiger partial charge in [0.2, 0.25) is 0 Å². The fraction of sp³-hybridized carbons (Fsp3) is 0.154. The molecule has 1 aromatic carbocycles. The number of fused-ring (bicyclic) bond motifs is 1. The van der Waals surface area contributed by atoms with E-state index in [1.165, 1.54) is 11.1 Å². The minimum absolute atomic E-state index is 0.772. The van der Waals surface area contributed by atoms with Crippen molar-refractivity contribution in [2.24, 2.45) is 5.10 Å². The lowest BCUT2D eigenvalue weighted by Crippen LogP contribution is -2.24.